The molecule has 13 heteroatoms. The number of esters is 1. The van der Waals surface area contributed by atoms with Gasteiger partial charge in [-0.15, -0.1) is 0 Å². The Hall–Kier alpha value is -2.99. The molecule has 262 valence electrons. The number of urea groups is 1. The molecule has 0 radical (unpaired) electrons. The number of halogens is 2. The summed E-state index contributed by atoms with van der Waals surface area (Å²) in [5.74, 6) is -2.80. The molecule has 1 aliphatic heterocycles. The van der Waals surface area contributed by atoms with Crippen molar-refractivity contribution in [2.45, 2.75) is 143 Å². The first-order valence-corrected chi connectivity index (χ1v) is 16.5. The highest BCUT2D eigenvalue weighted by molar-refractivity contribution is 5.96. The minimum absolute atomic E-state index is 0.000927. The minimum Gasteiger partial charge on any atom is -0.460 e. The number of nitrogens with one attached hydrogen (secondary N) is 4. The average Bonchev–Trinajstić information content (AvgIpc) is 3.22. The van der Waals surface area contributed by atoms with Crippen molar-refractivity contribution in [1.82, 2.24) is 26.2 Å². The third-order valence-electron chi connectivity index (χ3n) is 9.62. The highest BCUT2D eigenvalue weighted by Gasteiger charge is 2.70. The molecule has 0 aromatic carbocycles. The van der Waals surface area contributed by atoms with Crippen molar-refractivity contribution in [3.05, 3.63) is 0 Å². The van der Waals surface area contributed by atoms with Crippen LogP contribution >= 0.6 is 0 Å². The maximum absolute atomic E-state index is 14.2. The van der Waals surface area contributed by atoms with Gasteiger partial charge in [0.05, 0.1) is 6.42 Å². The van der Waals surface area contributed by atoms with Crippen LogP contribution in [0.1, 0.15) is 107 Å². The molecule has 0 aromatic rings. The Morgan fingerprint density at radius 2 is 1.54 bits per heavy atom. The first-order chi connectivity index (χ1) is 21.1. The van der Waals surface area contributed by atoms with E-state index in [1.807, 2.05) is 41.5 Å². The Morgan fingerprint density at radius 1 is 0.935 bits per heavy atom. The Bertz CT molecular complexity index is 1160. The zero-order chi connectivity index (χ0) is 34.8. The lowest BCUT2D eigenvalue weighted by molar-refractivity contribution is -0.154. The van der Waals surface area contributed by atoms with Crippen LogP contribution in [-0.4, -0.2) is 83.4 Å². The number of hydrogen-bond donors (Lipinski definition) is 4. The smallest absolute Gasteiger partial charge is 0.315 e. The van der Waals surface area contributed by atoms with Crippen LogP contribution in [0, 0.1) is 22.7 Å². The van der Waals surface area contributed by atoms with Crippen LogP contribution < -0.4 is 21.3 Å². The van der Waals surface area contributed by atoms with E-state index in [4.69, 9.17) is 4.74 Å². The lowest BCUT2D eigenvalue weighted by Crippen LogP contribution is -2.62. The number of carbonyl (C=O) groups excluding carboxylic acids is 5. The highest BCUT2D eigenvalue weighted by Crippen LogP contribution is 2.65. The molecule has 5 amide bonds. The van der Waals surface area contributed by atoms with Crippen molar-refractivity contribution in [3.8, 4) is 0 Å². The second-order valence-corrected chi connectivity index (χ2v) is 16.2. The molecule has 1 saturated heterocycles. The summed E-state index contributed by atoms with van der Waals surface area (Å²) >= 11 is 0. The highest BCUT2D eigenvalue weighted by atomic mass is 19.3. The van der Waals surface area contributed by atoms with E-state index in [2.05, 4.69) is 21.3 Å². The third-order valence-corrected chi connectivity index (χ3v) is 9.62. The van der Waals surface area contributed by atoms with E-state index in [1.54, 1.807) is 20.8 Å². The summed E-state index contributed by atoms with van der Waals surface area (Å²) in [5, 5.41) is 10.9. The van der Waals surface area contributed by atoms with Gasteiger partial charge in [0.25, 0.3) is 0 Å². The molecule has 0 aromatic heterocycles. The van der Waals surface area contributed by atoms with Gasteiger partial charge in [0.2, 0.25) is 24.1 Å². The van der Waals surface area contributed by atoms with Crippen LogP contribution in [-0.2, 0) is 23.9 Å². The number of likely N-dealkylation sites (tertiary alicyclic amines) is 1. The second kappa shape index (κ2) is 14.0. The van der Waals surface area contributed by atoms with Gasteiger partial charge < -0.3 is 30.9 Å². The molecule has 0 bridgehead atoms. The monoisotopic (exact) mass is 655 g/mol. The summed E-state index contributed by atoms with van der Waals surface area (Å²) in [4.78, 5) is 67.5. The van der Waals surface area contributed by atoms with Crippen LogP contribution in [0.2, 0.25) is 0 Å². The summed E-state index contributed by atoms with van der Waals surface area (Å²) in [5.41, 5.74) is -2.07. The number of piperidine rings is 1. The summed E-state index contributed by atoms with van der Waals surface area (Å²) in [6, 6.07) is -4.01. The molecule has 3 aliphatic rings. The van der Waals surface area contributed by atoms with Crippen molar-refractivity contribution < 1.29 is 37.5 Å². The zero-order valence-corrected chi connectivity index (χ0v) is 29.0. The van der Waals surface area contributed by atoms with Gasteiger partial charge in [0.1, 0.15) is 23.7 Å². The summed E-state index contributed by atoms with van der Waals surface area (Å²) in [6.45, 7) is 16.7. The summed E-state index contributed by atoms with van der Waals surface area (Å²) in [7, 11) is 0. The molecule has 4 N–H and O–H groups in total. The van der Waals surface area contributed by atoms with E-state index in [-0.39, 0.29) is 42.3 Å². The predicted octanol–water partition coefficient (Wildman–Crippen LogP) is 3.89. The van der Waals surface area contributed by atoms with Gasteiger partial charge >= 0.3 is 12.0 Å². The van der Waals surface area contributed by atoms with Gasteiger partial charge in [0, 0.05) is 25.0 Å². The standard InChI is InChI=1S/C33H55F2N5O6/c1-30(2,3)25(38-29(45)39-33(9)14-11-10-12-15-33)28(44)40-18-19-23(32(19,7)8)24(40)27(43)37-20(17-21(34)35)26(42)36-16-13-22(41)46-31(4,5)6/h19-21,23-25H,10-18H2,1-9H3,(H,36,42)(H,37,43)(H2,38,39,45)/t19?,20-,23?,24-,25+/m0/s1. The molecule has 5 atom stereocenters. The van der Waals surface area contributed by atoms with Crippen molar-refractivity contribution in [2.75, 3.05) is 13.1 Å². The quantitative estimate of drug-likeness (QED) is 0.249. The number of amides is 5. The van der Waals surface area contributed by atoms with E-state index in [0.29, 0.717) is 0 Å². The fraction of sp³-hybridized carbons (Fsp3) is 0.848. The first-order valence-electron chi connectivity index (χ1n) is 16.5. The average molecular weight is 656 g/mol. The number of fused-ring (bicyclic) bond motifs is 1. The predicted molar refractivity (Wildman–Crippen MR) is 169 cm³/mol. The Morgan fingerprint density at radius 3 is 2.09 bits per heavy atom. The molecular weight excluding hydrogens is 600 g/mol. The molecule has 11 nitrogen and oxygen atoms in total. The number of carbonyl (C=O) groups is 5. The molecule has 3 rings (SSSR count). The zero-order valence-electron chi connectivity index (χ0n) is 29.0. The van der Waals surface area contributed by atoms with Crippen molar-refractivity contribution >= 4 is 29.7 Å². The maximum atomic E-state index is 14.2. The van der Waals surface area contributed by atoms with Crippen LogP contribution in [0.5, 0.6) is 0 Å². The largest absolute Gasteiger partial charge is 0.460 e. The molecule has 0 spiro atoms. The molecule has 3 fully saturated rings. The summed E-state index contributed by atoms with van der Waals surface area (Å²) < 4.78 is 32.3. The lowest BCUT2D eigenvalue weighted by Gasteiger charge is -2.39. The van der Waals surface area contributed by atoms with Gasteiger partial charge in [-0.25, -0.2) is 13.6 Å². The lowest BCUT2D eigenvalue weighted by atomic mass is 9.83. The Balaban J connectivity index is 1.74. The van der Waals surface area contributed by atoms with Crippen LogP contribution in [0.4, 0.5) is 13.6 Å². The van der Waals surface area contributed by atoms with E-state index < -0.39 is 71.7 Å². The van der Waals surface area contributed by atoms with Gasteiger partial charge in [0.15, 0.2) is 0 Å². The molecule has 46 heavy (non-hydrogen) atoms. The molecule has 1 heterocycles. The molecular formula is C33H55F2N5O6. The van der Waals surface area contributed by atoms with Crippen LogP contribution in [0.15, 0.2) is 0 Å². The van der Waals surface area contributed by atoms with Gasteiger partial charge in [-0.1, -0.05) is 53.9 Å². The minimum atomic E-state index is -2.90. The van der Waals surface area contributed by atoms with Gasteiger partial charge in [-0.2, -0.15) is 0 Å². The van der Waals surface area contributed by atoms with E-state index in [9.17, 15) is 32.8 Å². The van der Waals surface area contributed by atoms with E-state index in [1.165, 1.54) is 4.90 Å². The van der Waals surface area contributed by atoms with Crippen molar-refractivity contribution in [2.24, 2.45) is 22.7 Å². The fourth-order valence-electron chi connectivity index (χ4n) is 7.00. The number of hydrogen-bond acceptors (Lipinski definition) is 6. The van der Waals surface area contributed by atoms with Gasteiger partial charge in [-0.05, 0) is 63.2 Å². The molecule has 2 aliphatic carbocycles. The fourth-order valence-corrected chi connectivity index (χ4v) is 7.00. The number of alkyl halides is 2. The second-order valence-electron chi connectivity index (χ2n) is 16.2. The maximum Gasteiger partial charge on any atom is 0.315 e. The topological polar surface area (TPSA) is 146 Å². The van der Waals surface area contributed by atoms with E-state index in [0.717, 1.165) is 32.1 Å². The van der Waals surface area contributed by atoms with Crippen LogP contribution in [0.25, 0.3) is 0 Å². The summed E-state index contributed by atoms with van der Waals surface area (Å²) in [6.07, 6.45) is 0.817. The molecule has 2 unspecified atom stereocenters. The normalized spacial score (nSPS) is 24.7. The Labute approximate surface area is 272 Å². The van der Waals surface area contributed by atoms with Crippen molar-refractivity contribution in [1.29, 1.82) is 0 Å². The number of ether oxygens (including phenoxy) is 1. The first kappa shape index (κ1) is 37.5. The van der Waals surface area contributed by atoms with Gasteiger partial charge in [-0.3, -0.25) is 19.2 Å². The SMILES string of the molecule is CC1(NC(=O)N[C@H](C(=O)N2CC3C([C@H]2C(=O)N[C@@H](CC(F)F)C(=O)NCCC(=O)OC(C)(C)C)C3(C)C)C(C)(C)C)CCCCC1. The number of rotatable bonds is 11. The Kier molecular flexibility index (Phi) is 11.4. The number of nitrogens with zero attached hydrogens (tertiary/aromatic N) is 1. The molecule has 2 saturated carbocycles. The van der Waals surface area contributed by atoms with Crippen LogP contribution in [0.3, 0.4) is 0 Å². The van der Waals surface area contributed by atoms with Crippen molar-refractivity contribution in [3.63, 3.8) is 0 Å². The van der Waals surface area contributed by atoms with E-state index >= 15 is 0 Å². The third kappa shape index (κ3) is 9.53.